The first kappa shape index (κ1) is 13.1. The van der Waals surface area contributed by atoms with Crippen LogP contribution < -0.4 is 5.32 Å². The summed E-state index contributed by atoms with van der Waals surface area (Å²) in [5.74, 6) is 0. The van der Waals surface area contributed by atoms with Gasteiger partial charge in [-0.1, -0.05) is 31.2 Å². The smallest absolute Gasteiger partial charge is 0.0593 e. The number of fused-ring (bicyclic) bond motifs is 1. The van der Waals surface area contributed by atoms with Crippen LogP contribution in [0.15, 0.2) is 24.3 Å². The lowest BCUT2D eigenvalue weighted by molar-refractivity contribution is 0.124. The van der Waals surface area contributed by atoms with Crippen LogP contribution in [0.4, 0.5) is 0 Å². The Balaban J connectivity index is 1.81. The molecule has 2 aliphatic rings. The summed E-state index contributed by atoms with van der Waals surface area (Å²) < 4.78 is 5.59. The molecule has 0 amide bonds. The minimum absolute atomic E-state index is 0.485. The van der Waals surface area contributed by atoms with Crippen molar-refractivity contribution in [2.45, 2.75) is 31.8 Å². The third-order valence-corrected chi connectivity index (χ3v) is 4.35. The number of likely N-dealkylation sites (N-methyl/N-ethyl adjacent to an activating group) is 1. The molecule has 1 fully saturated rings. The molecule has 3 rings (SSSR count). The van der Waals surface area contributed by atoms with E-state index in [1.807, 2.05) is 0 Å². The molecule has 1 saturated heterocycles. The lowest BCUT2D eigenvalue weighted by Crippen LogP contribution is -2.44. The topological polar surface area (TPSA) is 24.5 Å². The monoisotopic (exact) mass is 260 g/mol. The Morgan fingerprint density at radius 2 is 2.16 bits per heavy atom. The van der Waals surface area contributed by atoms with Crippen molar-refractivity contribution < 1.29 is 4.74 Å². The van der Waals surface area contributed by atoms with E-state index in [1.54, 1.807) is 0 Å². The molecule has 3 nitrogen and oxygen atoms in total. The third-order valence-electron chi connectivity index (χ3n) is 4.35. The standard InChI is InChI=1S/C16H24N2O/c1-2-17-16-14-7-4-3-6-13(14)12-15(16)18-8-5-10-19-11-9-18/h3-4,6-7,15-17H,2,5,8-12H2,1H3. The average Bonchev–Trinajstić information content (AvgIpc) is 2.64. The van der Waals surface area contributed by atoms with Crippen LogP contribution in [-0.2, 0) is 11.2 Å². The van der Waals surface area contributed by atoms with Crippen molar-refractivity contribution >= 4 is 0 Å². The number of ether oxygens (including phenoxy) is 1. The molecule has 0 saturated carbocycles. The molecule has 3 heteroatoms. The van der Waals surface area contributed by atoms with E-state index in [1.165, 1.54) is 24.1 Å². The number of benzene rings is 1. The molecule has 0 radical (unpaired) electrons. The number of rotatable bonds is 3. The van der Waals surface area contributed by atoms with Gasteiger partial charge in [0.25, 0.3) is 0 Å². The normalized spacial score (nSPS) is 28.1. The Morgan fingerprint density at radius 3 is 3.05 bits per heavy atom. The van der Waals surface area contributed by atoms with Crippen molar-refractivity contribution in [3.05, 3.63) is 35.4 Å². The first-order valence-electron chi connectivity index (χ1n) is 7.53. The van der Waals surface area contributed by atoms with E-state index in [0.717, 1.165) is 32.7 Å². The van der Waals surface area contributed by atoms with Crippen LogP contribution in [0.3, 0.4) is 0 Å². The minimum atomic E-state index is 0.485. The summed E-state index contributed by atoms with van der Waals surface area (Å²) >= 11 is 0. The Bertz CT molecular complexity index is 413. The van der Waals surface area contributed by atoms with Gasteiger partial charge < -0.3 is 10.1 Å². The lowest BCUT2D eigenvalue weighted by Gasteiger charge is -2.32. The Hall–Kier alpha value is -0.900. The van der Waals surface area contributed by atoms with Gasteiger partial charge in [0.2, 0.25) is 0 Å². The SMILES string of the molecule is CCNC1c2ccccc2CC1N1CCCOCC1. The maximum Gasteiger partial charge on any atom is 0.0593 e. The summed E-state index contributed by atoms with van der Waals surface area (Å²) in [5, 5.41) is 3.69. The van der Waals surface area contributed by atoms with Crippen molar-refractivity contribution in [2.75, 3.05) is 32.8 Å². The van der Waals surface area contributed by atoms with E-state index in [2.05, 4.69) is 41.4 Å². The lowest BCUT2D eigenvalue weighted by atomic mass is 10.1. The molecule has 0 bridgehead atoms. The van der Waals surface area contributed by atoms with Gasteiger partial charge in [0, 0.05) is 31.8 Å². The largest absolute Gasteiger partial charge is 0.380 e. The van der Waals surface area contributed by atoms with E-state index in [9.17, 15) is 0 Å². The molecule has 1 aromatic rings. The predicted molar refractivity (Wildman–Crippen MR) is 77.4 cm³/mol. The minimum Gasteiger partial charge on any atom is -0.380 e. The Morgan fingerprint density at radius 1 is 1.26 bits per heavy atom. The average molecular weight is 260 g/mol. The summed E-state index contributed by atoms with van der Waals surface area (Å²) in [7, 11) is 0. The van der Waals surface area contributed by atoms with Gasteiger partial charge in [-0.3, -0.25) is 4.90 Å². The van der Waals surface area contributed by atoms with Gasteiger partial charge in [0.05, 0.1) is 6.61 Å². The molecule has 19 heavy (non-hydrogen) atoms. The molecule has 2 unspecified atom stereocenters. The van der Waals surface area contributed by atoms with Gasteiger partial charge in [-0.25, -0.2) is 0 Å². The first-order valence-corrected chi connectivity index (χ1v) is 7.53. The molecular formula is C16H24N2O. The zero-order valence-electron chi connectivity index (χ0n) is 11.8. The first-order chi connectivity index (χ1) is 9.40. The van der Waals surface area contributed by atoms with Crippen LogP contribution in [0.1, 0.15) is 30.5 Å². The highest BCUT2D eigenvalue weighted by Crippen LogP contribution is 2.34. The molecule has 0 spiro atoms. The predicted octanol–water partition coefficient (Wildman–Crippen LogP) is 1.98. The van der Waals surface area contributed by atoms with Crippen LogP contribution in [0, 0.1) is 0 Å². The van der Waals surface area contributed by atoms with Gasteiger partial charge >= 0.3 is 0 Å². The van der Waals surface area contributed by atoms with Crippen LogP contribution in [0.2, 0.25) is 0 Å². The fourth-order valence-corrected chi connectivity index (χ4v) is 3.48. The zero-order valence-corrected chi connectivity index (χ0v) is 11.8. The number of hydrogen-bond acceptors (Lipinski definition) is 3. The van der Waals surface area contributed by atoms with E-state index in [4.69, 9.17) is 4.74 Å². The van der Waals surface area contributed by atoms with E-state index >= 15 is 0 Å². The second-order valence-electron chi connectivity index (χ2n) is 5.51. The van der Waals surface area contributed by atoms with Crippen molar-refractivity contribution in [3.63, 3.8) is 0 Å². The summed E-state index contributed by atoms with van der Waals surface area (Å²) in [5.41, 5.74) is 3.02. The highest BCUT2D eigenvalue weighted by Gasteiger charge is 2.35. The quantitative estimate of drug-likeness (QED) is 0.899. The Kier molecular flexibility index (Phi) is 4.16. The number of nitrogens with one attached hydrogen (secondary N) is 1. The van der Waals surface area contributed by atoms with Gasteiger partial charge in [-0.2, -0.15) is 0 Å². The highest BCUT2D eigenvalue weighted by molar-refractivity contribution is 5.37. The maximum absolute atomic E-state index is 5.59. The number of nitrogens with zero attached hydrogens (tertiary/aromatic N) is 1. The third kappa shape index (κ3) is 2.69. The molecular weight excluding hydrogens is 236 g/mol. The molecule has 1 aliphatic heterocycles. The summed E-state index contributed by atoms with van der Waals surface area (Å²) in [4.78, 5) is 2.63. The van der Waals surface area contributed by atoms with E-state index in [-0.39, 0.29) is 0 Å². The fraction of sp³-hybridized carbons (Fsp3) is 0.625. The van der Waals surface area contributed by atoms with Crippen LogP contribution in [-0.4, -0.2) is 43.8 Å². The molecule has 1 aliphatic carbocycles. The summed E-state index contributed by atoms with van der Waals surface area (Å²) in [6, 6.07) is 9.98. The molecule has 104 valence electrons. The molecule has 0 aromatic heterocycles. The zero-order chi connectivity index (χ0) is 13.1. The highest BCUT2D eigenvalue weighted by atomic mass is 16.5. The molecule has 1 heterocycles. The fourth-order valence-electron chi connectivity index (χ4n) is 3.48. The van der Waals surface area contributed by atoms with Gasteiger partial charge in [-0.05, 0) is 30.5 Å². The van der Waals surface area contributed by atoms with Crippen molar-refractivity contribution in [1.82, 2.24) is 10.2 Å². The molecule has 1 N–H and O–H groups in total. The summed E-state index contributed by atoms with van der Waals surface area (Å²) in [6.07, 6.45) is 2.33. The van der Waals surface area contributed by atoms with Crippen LogP contribution in [0.5, 0.6) is 0 Å². The van der Waals surface area contributed by atoms with E-state index in [0.29, 0.717) is 12.1 Å². The van der Waals surface area contributed by atoms with Crippen molar-refractivity contribution in [2.24, 2.45) is 0 Å². The second kappa shape index (κ2) is 6.04. The summed E-state index contributed by atoms with van der Waals surface area (Å²) in [6.45, 7) is 7.26. The van der Waals surface area contributed by atoms with Crippen molar-refractivity contribution in [1.29, 1.82) is 0 Å². The van der Waals surface area contributed by atoms with Crippen LogP contribution >= 0.6 is 0 Å². The number of hydrogen-bond donors (Lipinski definition) is 1. The maximum atomic E-state index is 5.59. The van der Waals surface area contributed by atoms with E-state index < -0.39 is 0 Å². The van der Waals surface area contributed by atoms with Crippen molar-refractivity contribution in [3.8, 4) is 0 Å². The van der Waals surface area contributed by atoms with Gasteiger partial charge in [-0.15, -0.1) is 0 Å². The van der Waals surface area contributed by atoms with Gasteiger partial charge in [0.1, 0.15) is 0 Å². The van der Waals surface area contributed by atoms with Crippen LogP contribution in [0.25, 0.3) is 0 Å². The second-order valence-corrected chi connectivity index (χ2v) is 5.51. The molecule has 1 aromatic carbocycles. The molecule has 2 atom stereocenters. The van der Waals surface area contributed by atoms with Gasteiger partial charge in [0.15, 0.2) is 0 Å². The Labute approximate surface area is 115 Å².